The largest absolute Gasteiger partial charge is 0.447 e. The average Bonchev–Trinajstić information content (AvgIpc) is 3.13. The van der Waals surface area contributed by atoms with Gasteiger partial charge in [0, 0.05) is 17.4 Å². The van der Waals surface area contributed by atoms with Crippen molar-refractivity contribution in [3.63, 3.8) is 0 Å². The number of cyclic esters (lactones) is 1. The van der Waals surface area contributed by atoms with Crippen molar-refractivity contribution in [2.24, 2.45) is 5.92 Å². The molecule has 0 radical (unpaired) electrons. The van der Waals surface area contributed by atoms with Gasteiger partial charge >= 0.3 is 6.09 Å². The van der Waals surface area contributed by atoms with Gasteiger partial charge in [-0.2, -0.15) is 0 Å². The van der Waals surface area contributed by atoms with E-state index in [2.05, 4.69) is 12.2 Å². The molecule has 1 aliphatic carbocycles. The number of nitrogens with zero attached hydrogens (tertiary/aromatic N) is 1. The van der Waals surface area contributed by atoms with Crippen molar-refractivity contribution in [1.82, 2.24) is 0 Å². The highest BCUT2D eigenvalue weighted by Crippen LogP contribution is 2.34. The van der Waals surface area contributed by atoms with E-state index in [9.17, 15) is 4.79 Å². The van der Waals surface area contributed by atoms with Gasteiger partial charge in [-0.05, 0) is 43.9 Å². The minimum absolute atomic E-state index is 0.248. The zero-order valence-corrected chi connectivity index (χ0v) is 10.6. The normalized spacial score (nSPS) is 20.7. The van der Waals surface area contributed by atoms with Crippen LogP contribution >= 0.6 is 0 Å². The number of rotatable bonds is 4. The van der Waals surface area contributed by atoms with Crippen molar-refractivity contribution >= 4 is 17.5 Å². The van der Waals surface area contributed by atoms with Gasteiger partial charge in [0.2, 0.25) is 0 Å². The molecule has 2 aliphatic rings. The summed E-state index contributed by atoms with van der Waals surface area (Å²) in [4.78, 5) is 13.2. The average molecular weight is 246 g/mol. The fraction of sp³-hybridized carbons (Fsp3) is 0.500. The van der Waals surface area contributed by atoms with Crippen LogP contribution in [0.4, 0.5) is 16.2 Å². The van der Waals surface area contributed by atoms with Gasteiger partial charge < -0.3 is 10.1 Å². The molecule has 1 aliphatic heterocycles. The van der Waals surface area contributed by atoms with Crippen LogP contribution in [0.2, 0.25) is 0 Å². The SMILES string of the molecule is CC(Nc1cccc(N2CCOC2=O)c1)C1CC1. The maximum atomic E-state index is 11.5. The number of nitrogens with one attached hydrogen (secondary N) is 1. The molecule has 1 atom stereocenters. The lowest BCUT2D eigenvalue weighted by Crippen LogP contribution is -2.23. The van der Waals surface area contributed by atoms with Gasteiger partial charge in [0.1, 0.15) is 6.61 Å². The molecule has 0 bridgehead atoms. The van der Waals surface area contributed by atoms with Crippen LogP contribution in [0.25, 0.3) is 0 Å². The molecule has 0 aromatic heterocycles. The fourth-order valence-corrected chi connectivity index (χ4v) is 2.37. The summed E-state index contributed by atoms with van der Waals surface area (Å²) in [5.74, 6) is 0.811. The van der Waals surface area contributed by atoms with Crippen molar-refractivity contribution in [1.29, 1.82) is 0 Å². The third kappa shape index (κ3) is 2.28. The van der Waals surface area contributed by atoms with Crippen LogP contribution in [-0.4, -0.2) is 25.3 Å². The summed E-state index contributed by atoms with van der Waals surface area (Å²) < 4.78 is 4.96. The highest BCUT2D eigenvalue weighted by Gasteiger charge is 2.28. The summed E-state index contributed by atoms with van der Waals surface area (Å²) in [6, 6.07) is 8.49. The molecular weight excluding hydrogens is 228 g/mol. The predicted molar refractivity (Wildman–Crippen MR) is 70.9 cm³/mol. The lowest BCUT2D eigenvalue weighted by atomic mass is 10.2. The number of benzene rings is 1. The van der Waals surface area contributed by atoms with Crippen LogP contribution < -0.4 is 10.2 Å². The number of amides is 1. The molecule has 1 N–H and O–H groups in total. The first-order chi connectivity index (χ1) is 8.74. The Morgan fingerprint density at radius 1 is 1.44 bits per heavy atom. The van der Waals surface area contributed by atoms with Gasteiger partial charge in [-0.25, -0.2) is 4.79 Å². The molecule has 1 aromatic carbocycles. The van der Waals surface area contributed by atoms with Crippen molar-refractivity contribution in [3.05, 3.63) is 24.3 Å². The predicted octanol–water partition coefficient (Wildman–Crippen LogP) is 2.85. The second-order valence-corrected chi connectivity index (χ2v) is 5.09. The first-order valence-electron chi connectivity index (χ1n) is 6.55. The number of ether oxygens (including phenoxy) is 1. The van der Waals surface area contributed by atoms with E-state index in [0.29, 0.717) is 19.2 Å². The van der Waals surface area contributed by atoms with E-state index < -0.39 is 0 Å². The Balaban J connectivity index is 1.73. The summed E-state index contributed by atoms with van der Waals surface area (Å²) in [5.41, 5.74) is 1.98. The Morgan fingerprint density at radius 3 is 2.94 bits per heavy atom. The smallest absolute Gasteiger partial charge is 0.414 e. The number of carbonyl (C=O) groups is 1. The van der Waals surface area contributed by atoms with Gasteiger partial charge in [0.15, 0.2) is 0 Å². The van der Waals surface area contributed by atoms with Gasteiger partial charge in [0.05, 0.1) is 6.54 Å². The zero-order valence-electron chi connectivity index (χ0n) is 10.6. The van der Waals surface area contributed by atoms with Gasteiger partial charge in [-0.1, -0.05) is 6.07 Å². The van der Waals surface area contributed by atoms with Crippen LogP contribution in [-0.2, 0) is 4.74 Å². The quantitative estimate of drug-likeness (QED) is 0.888. The summed E-state index contributed by atoms with van der Waals surface area (Å²) in [5, 5.41) is 3.50. The number of anilines is 2. The molecule has 1 heterocycles. The van der Waals surface area contributed by atoms with Crippen LogP contribution in [0.15, 0.2) is 24.3 Å². The monoisotopic (exact) mass is 246 g/mol. The molecule has 4 heteroatoms. The zero-order chi connectivity index (χ0) is 12.5. The number of hydrogen-bond donors (Lipinski definition) is 1. The minimum Gasteiger partial charge on any atom is -0.447 e. The molecule has 1 saturated heterocycles. The maximum Gasteiger partial charge on any atom is 0.414 e. The molecule has 18 heavy (non-hydrogen) atoms. The molecule has 1 aromatic rings. The fourth-order valence-electron chi connectivity index (χ4n) is 2.37. The van der Waals surface area contributed by atoms with Crippen LogP contribution in [0.3, 0.4) is 0 Å². The third-order valence-electron chi connectivity index (χ3n) is 3.64. The molecule has 1 saturated carbocycles. The second kappa shape index (κ2) is 4.52. The highest BCUT2D eigenvalue weighted by atomic mass is 16.6. The minimum atomic E-state index is -0.248. The molecule has 0 spiro atoms. The molecule has 3 rings (SSSR count). The van der Waals surface area contributed by atoms with E-state index in [1.165, 1.54) is 12.8 Å². The number of hydrogen-bond acceptors (Lipinski definition) is 3. The van der Waals surface area contributed by atoms with E-state index in [1.807, 2.05) is 24.3 Å². The van der Waals surface area contributed by atoms with Gasteiger partial charge in [-0.15, -0.1) is 0 Å². The van der Waals surface area contributed by atoms with Gasteiger partial charge in [-0.3, -0.25) is 4.90 Å². The van der Waals surface area contributed by atoms with E-state index in [0.717, 1.165) is 17.3 Å². The van der Waals surface area contributed by atoms with Crippen molar-refractivity contribution in [2.75, 3.05) is 23.4 Å². The second-order valence-electron chi connectivity index (χ2n) is 5.09. The molecular formula is C14H18N2O2. The van der Waals surface area contributed by atoms with Crippen molar-refractivity contribution in [3.8, 4) is 0 Å². The van der Waals surface area contributed by atoms with E-state index >= 15 is 0 Å². The Labute approximate surface area is 107 Å². The summed E-state index contributed by atoms with van der Waals surface area (Å²) >= 11 is 0. The lowest BCUT2D eigenvalue weighted by Gasteiger charge is -2.17. The Kier molecular flexibility index (Phi) is 2.86. The topological polar surface area (TPSA) is 41.6 Å². The summed E-state index contributed by atoms with van der Waals surface area (Å²) in [6.07, 6.45) is 2.40. The maximum absolute atomic E-state index is 11.5. The van der Waals surface area contributed by atoms with Gasteiger partial charge in [0.25, 0.3) is 0 Å². The van der Waals surface area contributed by atoms with Crippen LogP contribution in [0, 0.1) is 5.92 Å². The molecule has 1 unspecified atom stereocenters. The van der Waals surface area contributed by atoms with Crippen LogP contribution in [0.1, 0.15) is 19.8 Å². The van der Waals surface area contributed by atoms with Crippen molar-refractivity contribution < 1.29 is 9.53 Å². The Morgan fingerprint density at radius 2 is 2.28 bits per heavy atom. The molecule has 96 valence electrons. The molecule has 4 nitrogen and oxygen atoms in total. The van der Waals surface area contributed by atoms with E-state index in [4.69, 9.17) is 4.74 Å². The third-order valence-corrected chi connectivity index (χ3v) is 3.64. The van der Waals surface area contributed by atoms with E-state index in [1.54, 1.807) is 4.90 Å². The summed E-state index contributed by atoms with van der Waals surface area (Å²) in [6.45, 7) is 3.34. The Hall–Kier alpha value is -1.71. The first-order valence-corrected chi connectivity index (χ1v) is 6.55. The summed E-state index contributed by atoms with van der Waals surface area (Å²) in [7, 11) is 0. The number of carbonyl (C=O) groups excluding carboxylic acids is 1. The standard InChI is InChI=1S/C14H18N2O2/c1-10(11-5-6-11)15-12-3-2-4-13(9-12)16-7-8-18-14(16)17/h2-4,9-11,15H,5-8H2,1H3. The highest BCUT2D eigenvalue weighted by molar-refractivity contribution is 5.89. The molecule has 2 fully saturated rings. The molecule has 1 amide bonds. The lowest BCUT2D eigenvalue weighted by molar-refractivity contribution is 0.181. The first kappa shape index (κ1) is 11.4. The van der Waals surface area contributed by atoms with Crippen molar-refractivity contribution in [2.45, 2.75) is 25.8 Å². The Bertz CT molecular complexity index is 457. The van der Waals surface area contributed by atoms with Crippen LogP contribution in [0.5, 0.6) is 0 Å². The van der Waals surface area contributed by atoms with E-state index in [-0.39, 0.29) is 6.09 Å².